The fraction of sp³-hybridized carbons (Fsp3) is 0.333. The molecule has 1 aromatic rings. The van der Waals surface area contributed by atoms with Crippen LogP contribution in [-0.2, 0) is 9.59 Å². The van der Waals surface area contributed by atoms with Crippen molar-refractivity contribution in [3.05, 3.63) is 27.2 Å². The summed E-state index contributed by atoms with van der Waals surface area (Å²) in [5.74, 6) is -1.40. The topological polar surface area (TPSA) is 66.8 Å². The molecule has 1 N–H and O–H groups in total. The monoisotopic (exact) mass is 339 g/mol. The lowest BCUT2D eigenvalue weighted by atomic mass is 10.3. The molecule has 0 heterocycles. The van der Waals surface area contributed by atoms with Gasteiger partial charge in [0.2, 0.25) is 0 Å². The van der Waals surface area contributed by atoms with Crippen LogP contribution in [0.3, 0.4) is 0 Å². The van der Waals surface area contributed by atoms with Crippen LogP contribution in [0, 0.1) is 0 Å². The number of carbonyl (C=O) groups is 2. The standard InChI is InChI=1S/C12H12Cl3NO4/c1-6(12(18)19)16(2)11(17)5-20-10-4-8(14)7(13)3-9(10)15/h3-4,6H,5H2,1-2H3,(H,18,19). The zero-order chi connectivity index (χ0) is 15.4. The molecule has 0 aliphatic carbocycles. The number of nitrogens with zero attached hydrogens (tertiary/aromatic N) is 1. The molecule has 0 saturated heterocycles. The quantitative estimate of drug-likeness (QED) is 0.837. The highest BCUT2D eigenvalue weighted by Crippen LogP contribution is 2.33. The number of likely N-dealkylation sites (N-methyl/N-ethyl adjacent to an activating group) is 1. The molecular formula is C12H12Cl3NO4. The highest BCUT2D eigenvalue weighted by molar-refractivity contribution is 6.43. The van der Waals surface area contributed by atoms with E-state index in [1.165, 1.54) is 26.1 Å². The molecule has 5 nitrogen and oxygen atoms in total. The average molecular weight is 341 g/mol. The van der Waals surface area contributed by atoms with E-state index in [9.17, 15) is 9.59 Å². The van der Waals surface area contributed by atoms with Crippen LogP contribution in [-0.4, -0.2) is 41.6 Å². The van der Waals surface area contributed by atoms with Gasteiger partial charge in [-0.15, -0.1) is 0 Å². The van der Waals surface area contributed by atoms with Crippen LogP contribution in [0.25, 0.3) is 0 Å². The third-order valence-electron chi connectivity index (χ3n) is 2.66. The normalized spacial score (nSPS) is 11.8. The van der Waals surface area contributed by atoms with Gasteiger partial charge in [0.25, 0.3) is 5.91 Å². The van der Waals surface area contributed by atoms with Crippen molar-refractivity contribution in [2.24, 2.45) is 0 Å². The molecule has 0 saturated carbocycles. The first-order valence-electron chi connectivity index (χ1n) is 5.49. The van der Waals surface area contributed by atoms with E-state index in [1.54, 1.807) is 0 Å². The van der Waals surface area contributed by atoms with Crippen molar-refractivity contribution in [2.45, 2.75) is 13.0 Å². The molecular weight excluding hydrogens is 328 g/mol. The molecule has 1 rings (SSSR count). The van der Waals surface area contributed by atoms with Gasteiger partial charge in [-0.2, -0.15) is 0 Å². The number of benzene rings is 1. The number of amides is 1. The first-order valence-corrected chi connectivity index (χ1v) is 6.63. The van der Waals surface area contributed by atoms with Crippen LogP contribution in [0.2, 0.25) is 15.1 Å². The molecule has 0 fully saturated rings. The maximum Gasteiger partial charge on any atom is 0.326 e. The molecule has 0 radical (unpaired) electrons. The van der Waals surface area contributed by atoms with Gasteiger partial charge in [0.1, 0.15) is 11.8 Å². The summed E-state index contributed by atoms with van der Waals surface area (Å²) in [6, 6.07) is 1.84. The second-order valence-corrected chi connectivity index (χ2v) is 5.23. The fourth-order valence-corrected chi connectivity index (χ4v) is 1.83. The number of hydrogen-bond acceptors (Lipinski definition) is 3. The molecule has 1 amide bonds. The Labute approximate surface area is 131 Å². The molecule has 1 unspecified atom stereocenters. The number of rotatable bonds is 5. The molecule has 1 aromatic carbocycles. The van der Waals surface area contributed by atoms with Gasteiger partial charge in [-0.05, 0) is 13.0 Å². The molecule has 20 heavy (non-hydrogen) atoms. The van der Waals surface area contributed by atoms with E-state index in [1.807, 2.05) is 0 Å². The number of carboxylic acid groups (broad SMARTS) is 1. The van der Waals surface area contributed by atoms with Crippen molar-refractivity contribution in [2.75, 3.05) is 13.7 Å². The molecule has 0 spiro atoms. The molecule has 110 valence electrons. The Balaban J connectivity index is 2.70. The van der Waals surface area contributed by atoms with Crippen molar-refractivity contribution in [1.29, 1.82) is 0 Å². The number of ether oxygens (including phenoxy) is 1. The smallest absolute Gasteiger partial charge is 0.326 e. The summed E-state index contributed by atoms with van der Waals surface area (Å²) < 4.78 is 5.23. The first kappa shape index (κ1) is 16.9. The highest BCUT2D eigenvalue weighted by Gasteiger charge is 2.22. The van der Waals surface area contributed by atoms with Gasteiger partial charge in [-0.1, -0.05) is 34.8 Å². The largest absolute Gasteiger partial charge is 0.482 e. The highest BCUT2D eigenvalue weighted by atomic mass is 35.5. The van der Waals surface area contributed by atoms with Crippen LogP contribution < -0.4 is 4.74 Å². The minimum atomic E-state index is -1.10. The van der Waals surface area contributed by atoms with E-state index in [0.717, 1.165) is 4.90 Å². The third kappa shape index (κ3) is 4.16. The van der Waals surface area contributed by atoms with Gasteiger partial charge in [-0.25, -0.2) is 4.79 Å². The second-order valence-electron chi connectivity index (χ2n) is 4.00. The van der Waals surface area contributed by atoms with Crippen LogP contribution in [0.5, 0.6) is 5.75 Å². The average Bonchev–Trinajstić information content (AvgIpc) is 2.39. The number of hydrogen-bond donors (Lipinski definition) is 1. The summed E-state index contributed by atoms with van der Waals surface area (Å²) in [5.41, 5.74) is 0. The van der Waals surface area contributed by atoms with Gasteiger partial charge < -0.3 is 14.7 Å². The summed E-state index contributed by atoms with van der Waals surface area (Å²) in [6.07, 6.45) is 0. The van der Waals surface area contributed by atoms with Crippen molar-refractivity contribution >= 4 is 46.7 Å². The summed E-state index contributed by atoms with van der Waals surface area (Å²) in [7, 11) is 1.38. The zero-order valence-corrected chi connectivity index (χ0v) is 13.0. The predicted octanol–water partition coefficient (Wildman–Crippen LogP) is 2.96. The lowest BCUT2D eigenvalue weighted by molar-refractivity contribution is -0.148. The zero-order valence-electron chi connectivity index (χ0n) is 10.7. The van der Waals surface area contributed by atoms with Gasteiger partial charge in [-0.3, -0.25) is 4.79 Å². The van der Waals surface area contributed by atoms with E-state index < -0.39 is 17.9 Å². The Bertz CT molecular complexity index is 536. The number of halogens is 3. The van der Waals surface area contributed by atoms with E-state index in [2.05, 4.69) is 0 Å². The summed E-state index contributed by atoms with van der Waals surface area (Å²) in [6.45, 7) is 1.04. The van der Waals surface area contributed by atoms with Crippen molar-refractivity contribution < 1.29 is 19.4 Å². The number of aliphatic carboxylic acids is 1. The van der Waals surface area contributed by atoms with Gasteiger partial charge in [0, 0.05) is 13.1 Å². The van der Waals surface area contributed by atoms with E-state index in [4.69, 9.17) is 44.6 Å². The predicted molar refractivity (Wildman–Crippen MR) is 76.8 cm³/mol. The Morgan fingerprint density at radius 3 is 2.35 bits per heavy atom. The Morgan fingerprint density at radius 2 is 1.80 bits per heavy atom. The lowest BCUT2D eigenvalue weighted by Crippen LogP contribution is -2.42. The summed E-state index contributed by atoms with van der Waals surface area (Å²) >= 11 is 17.5. The van der Waals surface area contributed by atoms with Crippen LogP contribution >= 0.6 is 34.8 Å². The second kappa shape index (κ2) is 7.02. The van der Waals surface area contributed by atoms with Crippen molar-refractivity contribution in [3.63, 3.8) is 0 Å². The van der Waals surface area contributed by atoms with E-state index in [0.29, 0.717) is 0 Å². The number of carbonyl (C=O) groups excluding carboxylic acids is 1. The molecule has 0 aliphatic rings. The molecule has 1 atom stereocenters. The fourth-order valence-electron chi connectivity index (χ4n) is 1.24. The van der Waals surface area contributed by atoms with E-state index >= 15 is 0 Å². The van der Waals surface area contributed by atoms with Crippen LogP contribution in [0.1, 0.15) is 6.92 Å². The van der Waals surface area contributed by atoms with Crippen molar-refractivity contribution in [1.82, 2.24) is 4.90 Å². The Morgan fingerprint density at radius 1 is 1.25 bits per heavy atom. The maximum absolute atomic E-state index is 11.8. The van der Waals surface area contributed by atoms with Gasteiger partial charge in [0.05, 0.1) is 15.1 Å². The minimum absolute atomic E-state index is 0.200. The lowest BCUT2D eigenvalue weighted by Gasteiger charge is -2.21. The summed E-state index contributed by atoms with van der Waals surface area (Å²) in [4.78, 5) is 23.6. The van der Waals surface area contributed by atoms with Crippen LogP contribution in [0.4, 0.5) is 0 Å². The SMILES string of the molecule is CC(C(=O)O)N(C)C(=O)COc1cc(Cl)c(Cl)cc1Cl. The molecule has 0 aliphatic heterocycles. The Hall–Kier alpha value is -1.17. The third-order valence-corrected chi connectivity index (χ3v) is 3.68. The maximum atomic E-state index is 11.8. The molecule has 8 heteroatoms. The molecule has 0 bridgehead atoms. The van der Waals surface area contributed by atoms with Gasteiger partial charge in [0.15, 0.2) is 6.61 Å². The molecule has 0 aromatic heterocycles. The Kier molecular flexibility index (Phi) is 5.92. The van der Waals surface area contributed by atoms with E-state index in [-0.39, 0.29) is 27.4 Å². The number of carboxylic acids is 1. The van der Waals surface area contributed by atoms with Crippen LogP contribution in [0.15, 0.2) is 12.1 Å². The first-order chi connectivity index (χ1) is 9.23. The van der Waals surface area contributed by atoms with Gasteiger partial charge >= 0.3 is 5.97 Å². The van der Waals surface area contributed by atoms with Crippen molar-refractivity contribution in [3.8, 4) is 5.75 Å². The minimum Gasteiger partial charge on any atom is -0.482 e. The summed E-state index contributed by atoms with van der Waals surface area (Å²) in [5, 5.41) is 9.53.